The topological polar surface area (TPSA) is 33.7 Å². The SMILES string of the molecule is CCOC(CN1CC2CNCC2C1(C)C)OCC. The van der Waals surface area contributed by atoms with Crippen LogP contribution in [0.5, 0.6) is 0 Å². The Morgan fingerprint density at radius 1 is 1.22 bits per heavy atom. The van der Waals surface area contributed by atoms with Crippen molar-refractivity contribution in [1.82, 2.24) is 10.2 Å². The summed E-state index contributed by atoms with van der Waals surface area (Å²) in [6.07, 6.45) is -0.0777. The van der Waals surface area contributed by atoms with Gasteiger partial charge in [0.25, 0.3) is 0 Å². The van der Waals surface area contributed by atoms with Gasteiger partial charge in [0.1, 0.15) is 0 Å². The van der Waals surface area contributed by atoms with Gasteiger partial charge in [-0.1, -0.05) is 0 Å². The van der Waals surface area contributed by atoms with Crippen LogP contribution < -0.4 is 5.32 Å². The van der Waals surface area contributed by atoms with E-state index in [0.717, 1.165) is 24.9 Å². The van der Waals surface area contributed by atoms with Crippen molar-refractivity contribution in [3.05, 3.63) is 0 Å². The normalized spacial score (nSPS) is 31.2. The molecule has 0 aromatic heterocycles. The summed E-state index contributed by atoms with van der Waals surface area (Å²) in [5, 5.41) is 3.51. The van der Waals surface area contributed by atoms with Crippen LogP contribution in [0.25, 0.3) is 0 Å². The molecule has 0 aromatic carbocycles. The lowest BCUT2D eigenvalue weighted by Gasteiger charge is -2.37. The monoisotopic (exact) mass is 256 g/mol. The third-order valence-electron chi connectivity index (χ3n) is 4.59. The number of nitrogens with zero attached hydrogens (tertiary/aromatic N) is 1. The first-order valence-corrected chi connectivity index (χ1v) is 7.28. The summed E-state index contributed by atoms with van der Waals surface area (Å²) >= 11 is 0. The maximum absolute atomic E-state index is 5.68. The first-order valence-electron chi connectivity index (χ1n) is 7.28. The molecule has 0 saturated carbocycles. The van der Waals surface area contributed by atoms with Crippen LogP contribution in [0, 0.1) is 11.8 Å². The molecule has 0 bridgehead atoms. The van der Waals surface area contributed by atoms with Gasteiger partial charge in [0.2, 0.25) is 0 Å². The summed E-state index contributed by atoms with van der Waals surface area (Å²) in [7, 11) is 0. The van der Waals surface area contributed by atoms with Gasteiger partial charge < -0.3 is 14.8 Å². The van der Waals surface area contributed by atoms with Crippen molar-refractivity contribution >= 4 is 0 Å². The van der Waals surface area contributed by atoms with E-state index < -0.39 is 0 Å². The van der Waals surface area contributed by atoms with Crippen molar-refractivity contribution in [2.75, 3.05) is 39.4 Å². The third-order valence-corrected chi connectivity index (χ3v) is 4.59. The number of rotatable bonds is 6. The van der Waals surface area contributed by atoms with E-state index in [9.17, 15) is 0 Å². The van der Waals surface area contributed by atoms with Crippen LogP contribution in [-0.2, 0) is 9.47 Å². The standard InChI is InChI=1S/C14H28N2O2/c1-5-17-13(18-6-2)10-16-9-11-7-15-8-12(11)14(16,3)4/h11-13,15H,5-10H2,1-4H3. The van der Waals surface area contributed by atoms with Crippen molar-refractivity contribution in [2.45, 2.75) is 39.5 Å². The first-order chi connectivity index (χ1) is 8.59. The van der Waals surface area contributed by atoms with E-state index in [1.807, 2.05) is 13.8 Å². The molecule has 0 radical (unpaired) electrons. The van der Waals surface area contributed by atoms with Crippen LogP contribution >= 0.6 is 0 Å². The molecule has 2 saturated heterocycles. The van der Waals surface area contributed by atoms with Gasteiger partial charge in [-0.15, -0.1) is 0 Å². The van der Waals surface area contributed by atoms with E-state index in [1.54, 1.807) is 0 Å². The number of likely N-dealkylation sites (tertiary alicyclic amines) is 1. The molecule has 2 fully saturated rings. The highest BCUT2D eigenvalue weighted by atomic mass is 16.7. The zero-order valence-electron chi connectivity index (χ0n) is 12.2. The largest absolute Gasteiger partial charge is 0.352 e. The van der Waals surface area contributed by atoms with Crippen LogP contribution in [0.1, 0.15) is 27.7 Å². The second-order valence-electron chi connectivity index (χ2n) is 5.92. The molecule has 0 aromatic rings. The van der Waals surface area contributed by atoms with Gasteiger partial charge in [0, 0.05) is 31.8 Å². The molecule has 2 unspecified atom stereocenters. The molecule has 0 aliphatic carbocycles. The lowest BCUT2D eigenvalue weighted by molar-refractivity contribution is -0.152. The van der Waals surface area contributed by atoms with E-state index in [1.165, 1.54) is 13.1 Å². The van der Waals surface area contributed by atoms with E-state index in [-0.39, 0.29) is 11.8 Å². The Labute approximate surface area is 111 Å². The average Bonchev–Trinajstić information content (AvgIpc) is 2.84. The van der Waals surface area contributed by atoms with E-state index in [0.29, 0.717) is 13.2 Å². The van der Waals surface area contributed by atoms with E-state index in [4.69, 9.17) is 9.47 Å². The molecule has 0 spiro atoms. The summed E-state index contributed by atoms with van der Waals surface area (Å²) < 4.78 is 11.4. The zero-order valence-corrected chi connectivity index (χ0v) is 12.2. The van der Waals surface area contributed by atoms with Gasteiger partial charge in [-0.2, -0.15) is 0 Å². The van der Waals surface area contributed by atoms with Crippen LogP contribution in [-0.4, -0.2) is 56.1 Å². The van der Waals surface area contributed by atoms with E-state index in [2.05, 4.69) is 24.1 Å². The Kier molecular flexibility index (Phi) is 4.64. The van der Waals surface area contributed by atoms with Gasteiger partial charge in [-0.25, -0.2) is 0 Å². The molecule has 4 nitrogen and oxygen atoms in total. The second kappa shape index (κ2) is 5.87. The summed E-state index contributed by atoms with van der Waals surface area (Å²) in [5.41, 5.74) is 0.251. The van der Waals surface area contributed by atoms with Crippen molar-refractivity contribution < 1.29 is 9.47 Å². The van der Waals surface area contributed by atoms with Crippen LogP contribution in [0.2, 0.25) is 0 Å². The van der Waals surface area contributed by atoms with Gasteiger partial charge in [-0.3, -0.25) is 4.90 Å². The Bertz CT molecular complexity index is 265. The predicted octanol–water partition coefficient (Wildman–Crippen LogP) is 1.32. The molecule has 0 amide bonds. The van der Waals surface area contributed by atoms with Gasteiger partial charge in [0.15, 0.2) is 6.29 Å². The molecular weight excluding hydrogens is 228 g/mol. The number of ether oxygens (including phenoxy) is 2. The molecule has 106 valence electrons. The van der Waals surface area contributed by atoms with Crippen LogP contribution in [0.3, 0.4) is 0 Å². The van der Waals surface area contributed by atoms with Gasteiger partial charge in [-0.05, 0) is 46.1 Å². The summed E-state index contributed by atoms with van der Waals surface area (Å²) in [6.45, 7) is 14.6. The highest BCUT2D eigenvalue weighted by Gasteiger charge is 2.49. The lowest BCUT2D eigenvalue weighted by atomic mass is 9.85. The van der Waals surface area contributed by atoms with Crippen LogP contribution in [0.4, 0.5) is 0 Å². The van der Waals surface area contributed by atoms with Crippen molar-refractivity contribution in [1.29, 1.82) is 0 Å². The number of fused-ring (bicyclic) bond motifs is 1. The molecule has 2 atom stereocenters. The predicted molar refractivity (Wildman–Crippen MR) is 72.5 cm³/mol. The van der Waals surface area contributed by atoms with Crippen LogP contribution in [0.15, 0.2) is 0 Å². The summed E-state index contributed by atoms with van der Waals surface area (Å²) in [6, 6.07) is 0. The smallest absolute Gasteiger partial charge is 0.170 e. The highest BCUT2D eigenvalue weighted by molar-refractivity contribution is 5.04. The maximum Gasteiger partial charge on any atom is 0.170 e. The highest BCUT2D eigenvalue weighted by Crippen LogP contribution is 2.40. The molecular formula is C14H28N2O2. The van der Waals surface area contributed by atoms with E-state index >= 15 is 0 Å². The molecule has 2 aliphatic rings. The Morgan fingerprint density at radius 2 is 1.89 bits per heavy atom. The van der Waals surface area contributed by atoms with Crippen molar-refractivity contribution in [3.8, 4) is 0 Å². The summed E-state index contributed by atoms with van der Waals surface area (Å²) in [5.74, 6) is 1.56. The summed E-state index contributed by atoms with van der Waals surface area (Å²) in [4.78, 5) is 2.55. The first kappa shape index (κ1) is 14.3. The fraction of sp³-hybridized carbons (Fsp3) is 1.00. The van der Waals surface area contributed by atoms with Gasteiger partial charge >= 0.3 is 0 Å². The second-order valence-corrected chi connectivity index (χ2v) is 5.92. The molecule has 2 rings (SSSR count). The lowest BCUT2D eigenvalue weighted by Crippen LogP contribution is -2.48. The third kappa shape index (κ3) is 2.72. The quantitative estimate of drug-likeness (QED) is 0.727. The number of nitrogens with one attached hydrogen (secondary N) is 1. The minimum atomic E-state index is -0.0777. The minimum absolute atomic E-state index is 0.0777. The molecule has 4 heteroatoms. The molecule has 18 heavy (non-hydrogen) atoms. The van der Waals surface area contributed by atoms with Gasteiger partial charge in [0.05, 0.1) is 6.54 Å². The Morgan fingerprint density at radius 3 is 2.44 bits per heavy atom. The fourth-order valence-corrected chi connectivity index (χ4v) is 3.52. The minimum Gasteiger partial charge on any atom is -0.352 e. The number of hydrogen-bond acceptors (Lipinski definition) is 4. The Balaban J connectivity index is 1.96. The fourth-order valence-electron chi connectivity index (χ4n) is 3.52. The number of hydrogen-bond donors (Lipinski definition) is 1. The average molecular weight is 256 g/mol. The molecule has 2 heterocycles. The Hall–Kier alpha value is -0.160. The molecule has 2 aliphatic heterocycles. The zero-order chi connectivity index (χ0) is 13.2. The van der Waals surface area contributed by atoms with Crippen molar-refractivity contribution in [3.63, 3.8) is 0 Å². The van der Waals surface area contributed by atoms with Crippen molar-refractivity contribution in [2.24, 2.45) is 11.8 Å². The molecule has 1 N–H and O–H groups in total. The maximum atomic E-state index is 5.68.